The molecule has 2 atom stereocenters. The minimum absolute atomic E-state index is 0.0162. The highest BCUT2D eigenvalue weighted by Crippen LogP contribution is 2.37. The predicted octanol–water partition coefficient (Wildman–Crippen LogP) is 3.09. The average Bonchev–Trinajstić information content (AvgIpc) is 2.34. The zero-order chi connectivity index (χ0) is 10.0. The molecule has 0 spiro atoms. The van der Waals surface area contributed by atoms with E-state index in [4.69, 9.17) is 27.9 Å². The van der Waals surface area contributed by atoms with Crippen molar-refractivity contribution in [2.45, 2.75) is 31.0 Å². The molecule has 2 unspecified atom stereocenters. The Morgan fingerprint density at radius 3 is 2.62 bits per heavy atom. The average molecular weight is 241 g/mol. The molecular formula is C8H10Cl2O2S. The van der Waals surface area contributed by atoms with Crippen LogP contribution >= 0.6 is 35.0 Å². The lowest BCUT2D eigenvalue weighted by atomic mass is 10.4. The van der Waals surface area contributed by atoms with Crippen molar-refractivity contribution in [1.82, 2.24) is 0 Å². The van der Waals surface area contributed by atoms with Crippen LogP contribution in [0.5, 0.6) is 0 Å². The van der Waals surface area contributed by atoms with Crippen LogP contribution in [0.25, 0.3) is 0 Å². The second-order valence-corrected chi connectivity index (χ2v) is 5.04. The first-order valence-electron chi connectivity index (χ1n) is 3.97. The van der Waals surface area contributed by atoms with Gasteiger partial charge in [-0.1, -0.05) is 37.0 Å². The summed E-state index contributed by atoms with van der Waals surface area (Å²) in [5, 5.41) is 0.730. The third-order valence-electron chi connectivity index (χ3n) is 1.74. The van der Waals surface area contributed by atoms with Crippen LogP contribution < -0.4 is 0 Å². The van der Waals surface area contributed by atoms with Gasteiger partial charge in [0.1, 0.15) is 5.03 Å². The van der Waals surface area contributed by atoms with Gasteiger partial charge in [0.25, 0.3) is 0 Å². The van der Waals surface area contributed by atoms with E-state index in [-0.39, 0.29) is 5.03 Å². The molecule has 1 heterocycles. The molecule has 1 aliphatic rings. The fourth-order valence-electron chi connectivity index (χ4n) is 0.796. The Morgan fingerprint density at radius 2 is 2.23 bits per heavy atom. The highest BCUT2D eigenvalue weighted by atomic mass is 35.5. The molecule has 1 rings (SSSR count). The summed E-state index contributed by atoms with van der Waals surface area (Å²) in [6, 6.07) is 0. The smallest absolute Gasteiger partial charge is 0.352 e. The van der Waals surface area contributed by atoms with Gasteiger partial charge in [-0.3, -0.25) is 0 Å². The molecular weight excluding hydrogens is 231 g/mol. The Hall–Kier alpha value is 0.140. The molecule has 74 valence electrons. The number of carbonyl (C=O) groups excluding carboxylic acids is 1. The third-order valence-corrected chi connectivity index (χ3v) is 4.09. The second kappa shape index (κ2) is 4.58. The van der Waals surface area contributed by atoms with Crippen molar-refractivity contribution >= 4 is 40.9 Å². The quantitative estimate of drug-likeness (QED) is 0.710. The van der Waals surface area contributed by atoms with Crippen LogP contribution in [0.4, 0.5) is 0 Å². The van der Waals surface area contributed by atoms with Crippen LogP contribution in [-0.4, -0.2) is 16.7 Å². The number of hydrogen-bond acceptors (Lipinski definition) is 3. The number of rotatable bonds is 3. The summed E-state index contributed by atoms with van der Waals surface area (Å²) in [5.41, 5.74) is -0.406. The van der Waals surface area contributed by atoms with E-state index >= 15 is 0 Å². The van der Waals surface area contributed by atoms with E-state index in [0.717, 1.165) is 6.42 Å². The van der Waals surface area contributed by atoms with Crippen LogP contribution in [0.1, 0.15) is 20.3 Å². The van der Waals surface area contributed by atoms with E-state index in [9.17, 15) is 4.79 Å². The molecule has 0 aromatic heterocycles. The van der Waals surface area contributed by atoms with Crippen LogP contribution in [0.2, 0.25) is 0 Å². The monoisotopic (exact) mass is 240 g/mol. The van der Waals surface area contributed by atoms with E-state index in [1.807, 2.05) is 0 Å². The molecule has 0 amide bonds. The SMILES string of the molecule is CCC(C)SC1OC(=O)C(Cl)=C1Cl. The van der Waals surface area contributed by atoms with Crippen molar-refractivity contribution in [2.24, 2.45) is 0 Å². The minimum atomic E-state index is -0.521. The number of halogens is 2. The normalized spacial score (nSPS) is 24.9. The summed E-state index contributed by atoms with van der Waals surface area (Å²) in [7, 11) is 0. The lowest BCUT2D eigenvalue weighted by molar-refractivity contribution is -0.136. The molecule has 0 aliphatic carbocycles. The van der Waals surface area contributed by atoms with Crippen LogP contribution in [0.15, 0.2) is 10.1 Å². The zero-order valence-electron chi connectivity index (χ0n) is 7.34. The largest absolute Gasteiger partial charge is 0.441 e. The van der Waals surface area contributed by atoms with Crippen molar-refractivity contribution in [3.63, 3.8) is 0 Å². The third kappa shape index (κ3) is 2.55. The van der Waals surface area contributed by atoms with Crippen LogP contribution in [0.3, 0.4) is 0 Å². The van der Waals surface area contributed by atoms with Crippen molar-refractivity contribution in [1.29, 1.82) is 0 Å². The van der Waals surface area contributed by atoms with Gasteiger partial charge in [0.15, 0.2) is 5.44 Å². The summed E-state index contributed by atoms with van der Waals surface area (Å²) >= 11 is 12.9. The number of esters is 1. The minimum Gasteiger partial charge on any atom is -0.441 e. The summed E-state index contributed by atoms with van der Waals surface area (Å²) in [6.45, 7) is 4.11. The fraction of sp³-hybridized carbons (Fsp3) is 0.625. The van der Waals surface area contributed by atoms with E-state index in [2.05, 4.69) is 13.8 Å². The Morgan fingerprint density at radius 1 is 1.62 bits per heavy atom. The first-order chi connectivity index (χ1) is 6.06. The first kappa shape index (κ1) is 11.2. The Kier molecular flexibility index (Phi) is 3.95. The highest BCUT2D eigenvalue weighted by molar-refractivity contribution is 8.00. The van der Waals surface area contributed by atoms with Crippen LogP contribution in [-0.2, 0) is 9.53 Å². The van der Waals surface area contributed by atoms with Gasteiger partial charge in [-0.15, -0.1) is 11.8 Å². The molecule has 0 bridgehead atoms. The van der Waals surface area contributed by atoms with Gasteiger partial charge in [0.2, 0.25) is 0 Å². The standard InChI is InChI=1S/C8H10Cl2O2S/c1-3-4(2)13-8-6(10)5(9)7(11)12-8/h4,8H,3H2,1-2H3. The van der Waals surface area contributed by atoms with E-state index in [1.54, 1.807) is 0 Å². The molecule has 5 heteroatoms. The number of thioether (sulfide) groups is 1. The van der Waals surface area contributed by atoms with Crippen LogP contribution in [0, 0.1) is 0 Å². The van der Waals surface area contributed by atoms with Gasteiger partial charge in [0.05, 0.1) is 5.03 Å². The van der Waals surface area contributed by atoms with E-state index in [1.165, 1.54) is 11.8 Å². The summed E-state index contributed by atoms with van der Waals surface area (Å²) in [5.74, 6) is -0.521. The molecule has 0 fully saturated rings. The Balaban J connectivity index is 2.61. The van der Waals surface area contributed by atoms with Gasteiger partial charge >= 0.3 is 5.97 Å². The molecule has 0 N–H and O–H groups in total. The predicted molar refractivity (Wildman–Crippen MR) is 56.0 cm³/mol. The maximum Gasteiger partial charge on any atom is 0.352 e. The van der Waals surface area contributed by atoms with Gasteiger partial charge in [-0.2, -0.15) is 0 Å². The van der Waals surface area contributed by atoms with Crippen molar-refractivity contribution in [3.05, 3.63) is 10.1 Å². The van der Waals surface area contributed by atoms with Crippen molar-refractivity contribution in [3.8, 4) is 0 Å². The second-order valence-electron chi connectivity index (χ2n) is 2.75. The Bertz CT molecular complexity index is 253. The van der Waals surface area contributed by atoms with Gasteiger partial charge < -0.3 is 4.74 Å². The molecule has 1 aliphatic heterocycles. The molecule has 0 aromatic carbocycles. The fourth-order valence-corrected chi connectivity index (χ4v) is 2.28. The lowest BCUT2D eigenvalue weighted by Gasteiger charge is -2.13. The highest BCUT2D eigenvalue weighted by Gasteiger charge is 2.33. The Labute approximate surface area is 91.6 Å². The number of carbonyl (C=O) groups is 1. The van der Waals surface area contributed by atoms with Gasteiger partial charge in [-0.05, 0) is 6.42 Å². The lowest BCUT2D eigenvalue weighted by Crippen LogP contribution is -2.09. The molecule has 0 aromatic rings. The molecule has 0 saturated heterocycles. The number of ether oxygens (including phenoxy) is 1. The van der Waals surface area contributed by atoms with Gasteiger partial charge in [0, 0.05) is 5.25 Å². The van der Waals surface area contributed by atoms with Crippen molar-refractivity contribution in [2.75, 3.05) is 0 Å². The maximum atomic E-state index is 11.0. The zero-order valence-corrected chi connectivity index (χ0v) is 9.67. The number of hydrogen-bond donors (Lipinski definition) is 0. The maximum absolute atomic E-state index is 11.0. The van der Waals surface area contributed by atoms with Gasteiger partial charge in [-0.25, -0.2) is 4.79 Å². The number of cyclic esters (lactones) is 1. The first-order valence-corrected chi connectivity index (χ1v) is 5.67. The molecule has 0 saturated carbocycles. The van der Waals surface area contributed by atoms with E-state index in [0.29, 0.717) is 10.3 Å². The van der Waals surface area contributed by atoms with Crippen molar-refractivity contribution < 1.29 is 9.53 Å². The summed E-state index contributed by atoms with van der Waals surface area (Å²) in [6.07, 6.45) is 1.00. The molecule has 2 nitrogen and oxygen atoms in total. The summed E-state index contributed by atoms with van der Waals surface area (Å²) < 4.78 is 4.94. The summed E-state index contributed by atoms with van der Waals surface area (Å²) in [4.78, 5) is 11.0. The molecule has 13 heavy (non-hydrogen) atoms. The topological polar surface area (TPSA) is 26.3 Å². The molecule has 0 radical (unpaired) electrons. The van der Waals surface area contributed by atoms with E-state index < -0.39 is 11.4 Å².